The third-order valence-corrected chi connectivity index (χ3v) is 16.6. The Hall–Kier alpha value is -15.0. The highest BCUT2D eigenvalue weighted by Gasteiger charge is 2.23. The number of carbonyl (C=O) groups excluding carboxylic acids is 1. The molecule has 2 aliphatic rings. The van der Waals surface area contributed by atoms with Crippen molar-refractivity contribution in [2.24, 2.45) is 10.9 Å². The summed E-state index contributed by atoms with van der Waals surface area (Å²) in [5.41, 5.74) is 50.4. The summed E-state index contributed by atoms with van der Waals surface area (Å²) < 4.78 is 71.8. The van der Waals surface area contributed by atoms with Gasteiger partial charge in [-0.1, -0.05) is 48.0 Å². The van der Waals surface area contributed by atoms with Crippen molar-refractivity contribution in [1.29, 1.82) is 0 Å². The van der Waals surface area contributed by atoms with E-state index in [1.165, 1.54) is 77.9 Å². The molecule has 20 N–H and O–H groups in total. The van der Waals surface area contributed by atoms with Crippen LogP contribution in [0.3, 0.4) is 0 Å². The number of anilines is 15. The third-order valence-electron chi connectivity index (χ3n) is 15.5. The molecule has 0 saturated heterocycles. The number of hydrogen-bond donors (Lipinski definition) is 11. The number of benzene rings is 7. The number of rotatable bonds is 18. The highest BCUT2D eigenvalue weighted by Crippen LogP contribution is 2.36. The van der Waals surface area contributed by atoms with Gasteiger partial charge in [0.1, 0.15) is 52.0 Å². The Bertz CT molecular complexity index is 5680. The fraction of sp³-hybridized carbons (Fsp3) is 0.0897. The lowest BCUT2D eigenvalue weighted by Crippen LogP contribution is -2.15. The lowest BCUT2D eigenvalue weighted by atomic mass is 10.2. The molecular weight excluding hydrogens is 1620 g/mol. The molecule has 0 unspecified atom stereocenters. The zero-order chi connectivity index (χ0) is 83.1. The first kappa shape index (κ1) is 89.6. The van der Waals surface area contributed by atoms with Crippen molar-refractivity contribution < 1.29 is 45.7 Å². The Kier molecular flexibility index (Phi) is 33.6. The summed E-state index contributed by atoms with van der Waals surface area (Å²) >= 11 is 5.98. The van der Waals surface area contributed by atoms with Gasteiger partial charge in [0.15, 0.2) is 0 Å². The molecule has 0 radical (unpaired) electrons. The molecule has 614 valence electrons. The molecule has 0 atom stereocenters. The second-order valence-corrected chi connectivity index (χ2v) is 25.7. The van der Waals surface area contributed by atoms with Crippen molar-refractivity contribution in [1.82, 2.24) is 69.8 Å². The predicted molar refractivity (Wildman–Crippen MR) is 456 cm³/mol. The standard InChI is InChI=1S/C12H11ClN4.C12H14N4O.C12H12N4.C11H10F2N4O.C11H10N4O2.C10H10N4O3S.C10H9N3O.2ClH/c13-9-1-2-10-8(7-9)4-6-17(10)11-3-5-15-12(14)16-11;1-2-17-10-5-3-9(4-6-10)15-11-7-8-14-12(13)16-11;13-12-14-7-5-11(15-12)16-8-6-9-3-1-2-4-10(9)16;12-10(13)18-8-3-1-7(2-4-8)16-9-5-6-15-11(14)17-9;12-10(16)7-1-3-8(4-2-7)17-9-5-6-14-11(13)15-9;11-10-13-6-5-9(14-10)17-7-1-3-8(4-2-7)18(12,15)16;11-10-12-7-6-9(13-10)14-8-4-2-1-3-5-8;;/h1-3,5,7H,4,6H2,(H2,14,15,16);3-8H,2H2,1H3,(H3,13,14,15,16);1-5,7H,6,8H2,(H2,13,14,15);1-6,10H,(H3,14,15,16,17);1-6H,(H2,12,16)(H2,13,14,15);1-6H,(H2,11,13,14)(H2,12,15,16);1-7H,(H2,11,12,13);2*1H. The van der Waals surface area contributed by atoms with Crippen LogP contribution in [0.5, 0.6) is 46.4 Å². The number of nitrogens with zero attached hydrogens (tertiary/aromatic N) is 16. The minimum absolute atomic E-state index is 0. The average molecular weight is 1700 g/mol. The first-order valence-electron chi connectivity index (χ1n) is 34.9. The Balaban J connectivity index is 0.000000173. The summed E-state index contributed by atoms with van der Waals surface area (Å²) in [5, 5.41) is 11.8. The number of nitrogens with one attached hydrogen (secondary N) is 2. The summed E-state index contributed by atoms with van der Waals surface area (Å²) in [6.45, 7) is 1.64. The van der Waals surface area contributed by atoms with Crippen molar-refractivity contribution in [3.8, 4) is 46.4 Å². The van der Waals surface area contributed by atoms with E-state index in [9.17, 15) is 22.0 Å². The second kappa shape index (κ2) is 44.6. The first-order chi connectivity index (χ1) is 56.4. The number of para-hydroxylation sites is 2. The molecule has 0 spiro atoms. The third kappa shape index (κ3) is 29.1. The lowest BCUT2D eigenvalue weighted by molar-refractivity contribution is -0.0498. The number of aromatic nitrogens is 14. The van der Waals surface area contributed by atoms with E-state index in [1.54, 1.807) is 85.5 Å². The molecule has 14 aromatic rings. The zero-order valence-corrected chi connectivity index (χ0v) is 66.0. The highest BCUT2D eigenvalue weighted by atomic mass is 35.5. The van der Waals surface area contributed by atoms with Crippen LogP contribution in [0.4, 0.5) is 96.4 Å². The van der Waals surface area contributed by atoms with E-state index in [1.807, 2.05) is 97.9 Å². The van der Waals surface area contributed by atoms with Crippen molar-refractivity contribution in [2.45, 2.75) is 31.3 Å². The SMILES string of the molecule is CCOc1ccc(Nc2ccnc(N)n2)cc1.Cl.Cl.NC(=O)c1ccc(Oc2ccnc(N)n2)cc1.Nc1nccc(N2CCc3cc(Cl)ccc32)n1.Nc1nccc(N2CCc3ccccc32)n1.Nc1nccc(Nc2ccc(OC(F)F)cc2)n1.Nc1nccc(Oc2ccc(S(N)(=O)=O)cc2)n1.Nc1nccc(Oc2ccccc2)n1. The fourth-order valence-electron chi connectivity index (χ4n) is 10.4. The van der Waals surface area contributed by atoms with Gasteiger partial charge in [-0.05, 0) is 189 Å². The van der Waals surface area contributed by atoms with Gasteiger partial charge in [0.2, 0.25) is 75.2 Å². The van der Waals surface area contributed by atoms with Crippen molar-refractivity contribution >= 4 is 140 Å². The fourth-order valence-corrected chi connectivity index (χ4v) is 11.1. The minimum atomic E-state index is -3.70. The number of alkyl halides is 2. The molecule has 7 aromatic heterocycles. The largest absolute Gasteiger partial charge is 0.494 e. The number of amides is 1. The predicted octanol–water partition coefficient (Wildman–Crippen LogP) is 12.9. The van der Waals surface area contributed by atoms with Crippen LogP contribution in [0.1, 0.15) is 28.4 Å². The van der Waals surface area contributed by atoms with Gasteiger partial charge in [-0.25, -0.2) is 48.4 Å². The number of primary amides is 1. The number of fused-ring (bicyclic) bond motifs is 2. The van der Waals surface area contributed by atoms with Gasteiger partial charge < -0.3 is 90.0 Å². The lowest BCUT2D eigenvalue weighted by Gasteiger charge is -2.18. The van der Waals surface area contributed by atoms with Crippen LogP contribution in [0.25, 0.3) is 0 Å². The van der Waals surface area contributed by atoms with Gasteiger partial charge in [-0.2, -0.15) is 43.7 Å². The van der Waals surface area contributed by atoms with Crippen LogP contribution in [0, 0.1) is 0 Å². The summed E-state index contributed by atoms with van der Waals surface area (Å²) in [6.07, 6.45) is 13.0. The Morgan fingerprint density at radius 1 is 0.445 bits per heavy atom. The number of ether oxygens (including phenoxy) is 5. The summed E-state index contributed by atoms with van der Waals surface area (Å²) in [5.74, 6) is 7.54. The van der Waals surface area contributed by atoms with E-state index < -0.39 is 22.5 Å². The van der Waals surface area contributed by atoms with Crippen molar-refractivity contribution in [3.05, 3.63) is 277 Å². The number of nitrogen functional groups attached to an aromatic ring is 7. The molecular formula is C78H78Cl3F2N27O8S. The van der Waals surface area contributed by atoms with E-state index in [0.717, 1.165) is 65.5 Å². The molecule has 0 bridgehead atoms. The van der Waals surface area contributed by atoms with Gasteiger partial charge in [-0.3, -0.25) is 4.79 Å². The number of sulfonamides is 1. The Labute approximate surface area is 697 Å². The summed E-state index contributed by atoms with van der Waals surface area (Å²) in [4.78, 5) is 69.9. The molecule has 0 saturated carbocycles. The Morgan fingerprint density at radius 2 is 0.824 bits per heavy atom. The second-order valence-electron chi connectivity index (χ2n) is 23.7. The van der Waals surface area contributed by atoms with E-state index in [2.05, 4.69) is 113 Å². The molecule has 1 amide bonds. The van der Waals surface area contributed by atoms with E-state index in [0.29, 0.717) is 64.6 Å². The van der Waals surface area contributed by atoms with Gasteiger partial charge in [0.05, 0.1) is 11.5 Å². The summed E-state index contributed by atoms with van der Waals surface area (Å²) in [7, 11) is -3.70. The van der Waals surface area contributed by atoms with E-state index in [4.69, 9.17) is 81.6 Å². The number of hydrogen-bond acceptors (Lipinski definition) is 33. The van der Waals surface area contributed by atoms with Crippen molar-refractivity contribution in [3.63, 3.8) is 0 Å². The van der Waals surface area contributed by atoms with Crippen LogP contribution in [0.15, 0.2) is 261 Å². The van der Waals surface area contributed by atoms with Crippen LogP contribution >= 0.6 is 36.4 Å². The van der Waals surface area contributed by atoms with Crippen LogP contribution < -0.4 is 95.1 Å². The normalized spacial score (nSPS) is 11.1. The quantitative estimate of drug-likeness (QED) is 0.0380. The molecule has 16 rings (SSSR count). The molecule has 119 heavy (non-hydrogen) atoms. The van der Waals surface area contributed by atoms with Gasteiger partial charge in [-0.15, -0.1) is 24.8 Å². The minimum Gasteiger partial charge on any atom is -0.494 e. The maximum Gasteiger partial charge on any atom is 0.387 e. The zero-order valence-electron chi connectivity index (χ0n) is 62.8. The average Bonchev–Trinajstić information content (AvgIpc) is 1.67. The Morgan fingerprint density at radius 3 is 1.24 bits per heavy atom. The van der Waals surface area contributed by atoms with E-state index in [-0.39, 0.29) is 71.1 Å². The molecule has 35 nitrogen and oxygen atoms in total. The van der Waals surface area contributed by atoms with E-state index >= 15 is 0 Å². The molecule has 0 aliphatic carbocycles. The molecule has 2 aliphatic heterocycles. The number of halogens is 5. The maximum atomic E-state index is 11.9. The van der Waals surface area contributed by atoms with Crippen LogP contribution in [-0.4, -0.2) is 110 Å². The van der Waals surface area contributed by atoms with Gasteiger partial charge >= 0.3 is 6.61 Å². The molecule has 41 heteroatoms. The highest BCUT2D eigenvalue weighted by molar-refractivity contribution is 7.89. The molecule has 9 heterocycles. The van der Waals surface area contributed by atoms with Crippen molar-refractivity contribution in [2.75, 3.05) is 80.3 Å². The van der Waals surface area contributed by atoms with Gasteiger partial charge in [0, 0.05) is 108 Å². The number of carbonyl (C=O) groups is 1. The van der Waals surface area contributed by atoms with Crippen LogP contribution in [0.2, 0.25) is 5.02 Å². The first-order valence-corrected chi connectivity index (χ1v) is 36.8. The topological polar surface area (TPSA) is 543 Å². The van der Waals surface area contributed by atoms with Gasteiger partial charge in [0.25, 0.3) is 0 Å². The molecule has 0 fully saturated rings. The number of nitrogens with two attached hydrogens (primary N) is 9. The smallest absolute Gasteiger partial charge is 0.387 e. The number of primary sulfonamides is 1. The van der Waals surface area contributed by atoms with Crippen LogP contribution in [-0.2, 0) is 22.9 Å². The monoisotopic (exact) mass is 1700 g/mol. The maximum absolute atomic E-state index is 11.9. The molecule has 7 aromatic carbocycles. The summed E-state index contributed by atoms with van der Waals surface area (Å²) in [6, 6.07) is 61.3.